The van der Waals surface area contributed by atoms with E-state index >= 15 is 0 Å². The third-order valence-corrected chi connectivity index (χ3v) is 7.95. The van der Waals surface area contributed by atoms with Gasteiger partial charge in [0.15, 0.2) is 0 Å². The second-order valence-corrected chi connectivity index (χ2v) is 10.9. The smallest absolute Gasteiger partial charge is 0.327 e. The van der Waals surface area contributed by atoms with E-state index in [0.29, 0.717) is 0 Å². The topological polar surface area (TPSA) is 9.23 Å². The largest absolute Gasteiger partial charge is 0.460 e. The van der Waals surface area contributed by atoms with Crippen molar-refractivity contribution in [3.05, 3.63) is 0 Å². The molecule has 272 valence electrons. The second kappa shape index (κ2) is 11.0. The molecule has 0 amide bonds. The molecular weight excluding hydrogens is 970 g/mol. The Morgan fingerprint density at radius 2 is 0.400 bits per heavy atom. The van der Waals surface area contributed by atoms with E-state index in [-0.39, 0.29) is 0 Å². The number of halogens is 30. The van der Waals surface area contributed by atoms with E-state index in [1.165, 1.54) is 4.74 Å². The zero-order valence-corrected chi connectivity index (χ0v) is 23.1. The minimum atomic E-state index is -9.50. The van der Waals surface area contributed by atoms with E-state index in [9.17, 15) is 123 Å². The molecular formula is C14F28I2O. The minimum Gasteiger partial charge on any atom is -0.327 e. The van der Waals surface area contributed by atoms with Crippen LogP contribution in [0.5, 0.6) is 0 Å². The van der Waals surface area contributed by atoms with Crippen molar-refractivity contribution in [1.29, 1.82) is 0 Å². The lowest BCUT2D eigenvalue weighted by atomic mass is 9.83. The monoisotopic (exact) mass is 970 g/mol. The highest BCUT2D eigenvalue weighted by Gasteiger charge is 3.00. The molecule has 45 heavy (non-hydrogen) atoms. The van der Waals surface area contributed by atoms with Gasteiger partial charge in [0.2, 0.25) is 0 Å². The Morgan fingerprint density at radius 3 is 0.511 bits per heavy atom. The zero-order valence-electron chi connectivity index (χ0n) is 18.7. The van der Waals surface area contributed by atoms with E-state index in [1.807, 2.05) is 0 Å². The lowest BCUT2D eigenvalue weighted by Crippen LogP contribution is -2.84. The molecule has 2 unspecified atom stereocenters. The highest BCUT2D eigenvalue weighted by Crippen LogP contribution is 2.72. The second-order valence-electron chi connectivity index (χ2n) is 7.90. The third kappa shape index (κ3) is 5.80. The van der Waals surface area contributed by atoms with Crippen LogP contribution in [-0.4, -0.2) is 79.3 Å². The fourth-order valence-corrected chi connectivity index (χ4v) is 4.94. The van der Waals surface area contributed by atoms with Crippen molar-refractivity contribution in [3.63, 3.8) is 0 Å². The summed E-state index contributed by atoms with van der Waals surface area (Å²) in [7, 11) is 0. The van der Waals surface area contributed by atoms with Gasteiger partial charge in [0, 0.05) is 0 Å². The van der Waals surface area contributed by atoms with Gasteiger partial charge in [0.1, 0.15) is 0 Å². The molecule has 0 heterocycles. The van der Waals surface area contributed by atoms with Crippen LogP contribution >= 0.6 is 45.2 Å². The first-order chi connectivity index (χ1) is 18.7. The molecule has 1 nitrogen and oxygen atoms in total. The summed E-state index contributed by atoms with van der Waals surface area (Å²) in [5.74, 6) is -35.7. The Hall–Kier alpha value is -0.540. The molecule has 0 bridgehead atoms. The Morgan fingerprint density at radius 1 is 0.244 bits per heavy atom. The van der Waals surface area contributed by atoms with Gasteiger partial charge in [-0.2, -0.15) is 114 Å². The number of rotatable bonds is 8. The van der Waals surface area contributed by atoms with Crippen molar-refractivity contribution in [2.24, 2.45) is 0 Å². The molecule has 0 aliphatic rings. The maximum Gasteiger partial charge on any atom is 0.460 e. The fraction of sp³-hybridized carbons (Fsp3) is 1.00. The Kier molecular flexibility index (Phi) is 10.9. The summed E-state index contributed by atoms with van der Waals surface area (Å²) < 4.78 is 362. The molecule has 31 heteroatoms. The van der Waals surface area contributed by atoms with Gasteiger partial charge in [0.05, 0.1) is 0 Å². The van der Waals surface area contributed by atoms with Crippen molar-refractivity contribution >= 4 is 45.2 Å². The summed E-state index contributed by atoms with van der Waals surface area (Å²) >= 11 is -4.63. The fourth-order valence-electron chi connectivity index (χ4n) is 2.82. The van der Waals surface area contributed by atoms with E-state index in [0.717, 1.165) is 0 Å². The molecule has 0 aliphatic carbocycles. The van der Waals surface area contributed by atoms with Crippen LogP contribution in [0.3, 0.4) is 0 Å². The maximum absolute atomic E-state index is 14.9. The predicted molar refractivity (Wildman–Crippen MR) is 98.4 cm³/mol. The van der Waals surface area contributed by atoms with E-state index < -0.39 is 124 Å². The summed E-state index contributed by atoms with van der Waals surface area (Å²) in [6.45, 7) is 0. The predicted octanol–water partition coefficient (Wildman–Crippen LogP) is 10.6. The van der Waals surface area contributed by atoms with Gasteiger partial charge in [-0.3, -0.25) is 0 Å². The molecule has 2 atom stereocenters. The summed E-state index contributed by atoms with van der Waals surface area (Å²) in [5, 5.41) is 0. The van der Waals surface area contributed by atoms with Gasteiger partial charge in [0.25, 0.3) is 7.35 Å². The lowest BCUT2D eigenvalue weighted by Gasteiger charge is -2.54. The van der Waals surface area contributed by atoms with Crippen LogP contribution in [0.2, 0.25) is 0 Å². The van der Waals surface area contributed by atoms with Crippen LogP contribution in [0.4, 0.5) is 123 Å². The molecule has 0 aliphatic heterocycles. The molecule has 0 saturated heterocycles. The van der Waals surface area contributed by atoms with Crippen LogP contribution in [0.1, 0.15) is 0 Å². The summed E-state index contributed by atoms with van der Waals surface area (Å²) in [5.41, 5.74) is -19.0. The summed E-state index contributed by atoms with van der Waals surface area (Å²) in [6, 6.07) is 0. The minimum absolute atomic E-state index is 1.18. The van der Waals surface area contributed by atoms with Crippen LogP contribution < -0.4 is 0 Å². The average molecular weight is 970 g/mol. The lowest BCUT2D eigenvalue weighted by molar-refractivity contribution is -0.514. The molecule has 0 fully saturated rings. The molecule has 0 N–H and O–H groups in total. The van der Waals surface area contributed by atoms with Crippen molar-refractivity contribution in [2.45, 2.75) is 79.3 Å². The van der Waals surface area contributed by atoms with E-state index in [1.54, 1.807) is 0 Å². The first kappa shape index (κ1) is 44.5. The van der Waals surface area contributed by atoms with E-state index in [2.05, 4.69) is 0 Å². The summed E-state index contributed by atoms with van der Waals surface area (Å²) in [6.07, 6.45) is -53.5. The van der Waals surface area contributed by atoms with Crippen LogP contribution in [0.15, 0.2) is 0 Å². The Balaban J connectivity index is 9.00. The molecule has 0 saturated carbocycles. The first-order valence-electron chi connectivity index (χ1n) is 9.08. The van der Waals surface area contributed by atoms with Gasteiger partial charge in [-0.05, 0) is 45.2 Å². The molecule has 0 aromatic carbocycles. The van der Waals surface area contributed by atoms with Gasteiger partial charge < -0.3 is 4.74 Å². The van der Waals surface area contributed by atoms with Crippen molar-refractivity contribution in [2.75, 3.05) is 0 Å². The zero-order chi connectivity index (χ0) is 37.7. The quantitative estimate of drug-likeness (QED) is 0.134. The van der Waals surface area contributed by atoms with E-state index in [4.69, 9.17) is 0 Å². The highest BCUT2D eigenvalue weighted by atomic mass is 127. The third-order valence-electron chi connectivity index (χ3n) is 5.08. The number of ether oxygens (including phenoxy) is 1. The van der Waals surface area contributed by atoms with Crippen molar-refractivity contribution in [3.8, 4) is 0 Å². The standard InChI is InChI=1S/C14F28I2O/c15-3(16,5(19,20)13(37,38)39)7(23,43)1(9(25,26)27,10(28,29)30)45-2(11(31,32)33,12(34,35)36)8(24,44)4(17,18)6(21,22)14(40,41)42. The van der Waals surface area contributed by atoms with Gasteiger partial charge in [-0.25, -0.2) is 8.78 Å². The first-order valence-corrected chi connectivity index (χ1v) is 11.2. The van der Waals surface area contributed by atoms with Crippen molar-refractivity contribution in [1.82, 2.24) is 0 Å². The number of hydrogen-bond donors (Lipinski definition) is 0. The van der Waals surface area contributed by atoms with Crippen LogP contribution in [0, 0.1) is 0 Å². The van der Waals surface area contributed by atoms with Gasteiger partial charge >= 0.3 is 72.0 Å². The number of hydrogen-bond acceptors (Lipinski definition) is 1. The Bertz CT molecular complexity index is 950. The molecule has 0 spiro atoms. The van der Waals surface area contributed by atoms with Crippen LogP contribution in [0.25, 0.3) is 0 Å². The number of alkyl halides is 30. The van der Waals surface area contributed by atoms with Crippen molar-refractivity contribution < 1.29 is 128 Å². The average Bonchev–Trinajstić information content (AvgIpc) is 2.67. The SMILES string of the molecule is FC(F)(F)C(F)(F)C(F)(F)C(F)(I)C(OC(C(F)(F)F)(C(F)(F)F)C(F)(I)C(F)(F)C(F)(F)C(F)(F)F)(C(F)(F)F)C(F)(F)F. The molecule has 0 aromatic heterocycles. The van der Waals surface area contributed by atoms with Gasteiger partial charge in [-0.1, -0.05) is 0 Å². The van der Waals surface area contributed by atoms with Gasteiger partial charge in [-0.15, -0.1) is 0 Å². The van der Waals surface area contributed by atoms with Crippen LogP contribution in [-0.2, 0) is 4.74 Å². The molecule has 0 rings (SSSR count). The molecule has 0 aromatic rings. The normalized spacial score (nSPS) is 19.3. The summed E-state index contributed by atoms with van der Waals surface area (Å²) in [4.78, 5) is 0. The highest BCUT2D eigenvalue weighted by molar-refractivity contribution is 14.1. The maximum atomic E-state index is 14.9. The Labute approximate surface area is 252 Å². The molecule has 0 radical (unpaired) electrons.